The quantitative estimate of drug-likeness (QED) is 0.749. The van der Waals surface area contributed by atoms with Crippen LogP contribution in [-0.2, 0) is 0 Å². The molecule has 0 unspecified atom stereocenters. The number of carbonyl (C=O) groups excluding carboxylic acids is 1. The van der Waals surface area contributed by atoms with Gasteiger partial charge in [-0.15, -0.1) is 11.3 Å². The summed E-state index contributed by atoms with van der Waals surface area (Å²) in [5.41, 5.74) is 0.674. The zero-order valence-electron chi connectivity index (χ0n) is 15.6. The Kier molecular flexibility index (Phi) is 6.69. The molecule has 2 heterocycles. The maximum absolute atomic E-state index is 12.5. The van der Waals surface area contributed by atoms with E-state index in [2.05, 4.69) is 41.6 Å². The summed E-state index contributed by atoms with van der Waals surface area (Å²) < 4.78 is 5.68. The normalized spacial score (nSPS) is 16.0. The first-order valence-corrected chi connectivity index (χ1v) is 10.3. The lowest BCUT2D eigenvalue weighted by Crippen LogP contribution is -2.36. The van der Waals surface area contributed by atoms with E-state index in [1.165, 1.54) is 17.7 Å². The van der Waals surface area contributed by atoms with Gasteiger partial charge in [-0.3, -0.25) is 9.69 Å². The van der Waals surface area contributed by atoms with E-state index < -0.39 is 0 Å². The number of ether oxygens (including phenoxy) is 1. The molecule has 0 saturated carbocycles. The summed E-state index contributed by atoms with van der Waals surface area (Å²) in [5, 5.41) is 5.23. The molecule has 0 bridgehead atoms. The molecule has 0 radical (unpaired) electrons. The molecule has 1 aromatic carbocycles. The van der Waals surface area contributed by atoms with Crippen molar-refractivity contribution in [3.8, 4) is 5.75 Å². The zero-order chi connectivity index (χ0) is 18.4. The minimum absolute atomic E-state index is 0.0267. The molecule has 5 heteroatoms. The van der Waals surface area contributed by atoms with E-state index in [-0.39, 0.29) is 11.9 Å². The number of carbonyl (C=O) groups is 1. The smallest absolute Gasteiger partial charge is 0.251 e. The minimum atomic E-state index is -0.0267. The molecular formula is C21H28N2O2S. The minimum Gasteiger partial charge on any atom is -0.493 e. The van der Waals surface area contributed by atoms with Crippen LogP contribution in [0.15, 0.2) is 41.8 Å². The first kappa shape index (κ1) is 18.9. The Morgan fingerprint density at radius 2 is 1.92 bits per heavy atom. The summed E-state index contributed by atoms with van der Waals surface area (Å²) in [7, 11) is 0. The van der Waals surface area contributed by atoms with Gasteiger partial charge in [-0.25, -0.2) is 0 Å². The molecule has 1 saturated heterocycles. The Morgan fingerprint density at radius 3 is 2.54 bits per heavy atom. The van der Waals surface area contributed by atoms with Gasteiger partial charge in [-0.1, -0.05) is 19.9 Å². The molecule has 1 aromatic heterocycles. The van der Waals surface area contributed by atoms with Gasteiger partial charge in [0.15, 0.2) is 0 Å². The third kappa shape index (κ3) is 5.08. The second-order valence-corrected chi connectivity index (χ2v) is 8.19. The van der Waals surface area contributed by atoms with Gasteiger partial charge in [0.05, 0.1) is 12.6 Å². The van der Waals surface area contributed by atoms with Crippen molar-refractivity contribution in [3.63, 3.8) is 0 Å². The molecule has 1 aliphatic heterocycles. The number of hydrogen-bond acceptors (Lipinski definition) is 4. The Balaban J connectivity index is 1.58. The summed E-state index contributed by atoms with van der Waals surface area (Å²) in [4.78, 5) is 16.3. The molecule has 140 valence electrons. The maximum Gasteiger partial charge on any atom is 0.251 e. The molecule has 0 spiro atoms. The summed E-state index contributed by atoms with van der Waals surface area (Å²) in [5.74, 6) is 1.27. The number of nitrogens with zero attached hydrogens (tertiary/aromatic N) is 1. The number of rotatable bonds is 8. The fraction of sp³-hybridized carbons (Fsp3) is 0.476. The molecule has 3 rings (SSSR count). The van der Waals surface area contributed by atoms with Crippen molar-refractivity contribution in [3.05, 3.63) is 52.2 Å². The maximum atomic E-state index is 12.5. The van der Waals surface area contributed by atoms with Gasteiger partial charge < -0.3 is 10.1 Å². The lowest BCUT2D eigenvalue weighted by molar-refractivity contribution is 0.0938. The van der Waals surface area contributed by atoms with Crippen LogP contribution in [0.5, 0.6) is 5.75 Å². The van der Waals surface area contributed by atoms with Crippen LogP contribution in [0.3, 0.4) is 0 Å². The molecule has 1 amide bonds. The van der Waals surface area contributed by atoms with Gasteiger partial charge >= 0.3 is 0 Å². The highest BCUT2D eigenvalue weighted by molar-refractivity contribution is 7.10. The Bertz CT molecular complexity index is 677. The second-order valence-electron chi connectivity index (χ2n) is 7.21. The SMILES string of the molecule is CC(C)COc1ccc(C(=O)NC[C@@H](c2cccs2)N2CCCC2)cc1. The fourth-order valence-electron chi connectivity index (χ4n) is 3.20. The van der Waals surface area contributed by atoms with Crippen LogP contribution in [0.2, 0.25) is 0 Å². The number of likely N-dealkylation sites (tertiary alicyclic amines) is 1. The van der Waals surface area contributed by atoms with Crippen LogP contribution in [0, 0.1) is 5.92 Å². The molecule has 1 fully saturated rings. The Morgan fingerprint density at radius 1 is 1.19 bits per heavy atom. The molecular weight excluding hydrogens is 344 g/mol. The van der Waals surface area contributed by atoms with E-state index in [4.69, 9.17) is 4.74 Å². The van der Waals surface area contributed by atoms with Crippen LogP contribution in [0.25, 0.3) is 0 Å². The lowest BCUT2D eigenvalue weighted by atomic mass is 10.1. The van der Waals surface area contributed by atoms with Gasteiger partial charge in [0.25, 0.3) is 5.91 Å². The molecule has 1 N–H and O–H groups in total. The van der Waals surface area contributed by atoms with E-state index >= 15 is 0 Å². The van der Waals surface area contributed by atoms with Gasteiger partial charge in [0, 0.05) is 17.0 Å². The fourth-order valence-corrected chi connectivity index (χ4v) is 4.06. The number of hydrogen-bond donors (Lipinski definition) is 1. The van der Waals surface area contributed by atoms with Crippen LogP contribution < -0.4 is 10.1 Å². The van der Waals surface area contributed by atoms with E-state index in [1.807, 2.05) is 24.3 Å². The summed E-state index contributed by atoms with van der Waals surface area (Å²) in [6.45, 7) is 7.79. The average molecular weight is 373 g/mol. The van der Waals surface area contributed by atoms with Crippen molar-refractivity contribution in [1.82, 2.24) is 10.2 Å². The van der Waals surface area contributed by atoms with Crippen molar-refractivity contribution in [2.45, 2.75) is 32.7 Å². The Labute approximate surface area is 160 Å². The van der Waals surface area contributed by atoms with E-state index in [0.717, 1.165) is 18.8 Å². The average Bonchev–Trinajstić information content (AvgIpc) is 3.35. The Hall–Kier alpha value is -1.85. The zero-order valence-corrected chi connectivity index (χ0v) is 16.4. The van der Waals surface area contributed by atoms with E-state index in [9.17, 15) is 4.79 Å². The van der Waals surface area contributed by atoms with Crippen LogP contribution in [0.1, 0.15) is 48.0 Å². The first-order valence-electron chi connectivity index (χ1n) is 9.42. The second kappa shape index (κ2) is 9.19. The molecule has 2 aromatic rings. The van der Waals surface area contributed by atoms with Gasteiger partial charge in [0.2, 0.25) is 0 Å². The molecule has 0 aliphatic carbocycles. The van der Waals surface area contributed by atoms with Crippen molar-refractivity contribution < 1.29 is 9.53 Å². The number of amides is 1. The predicted octanol–water partition coefficient (Wildman–Crippen LogP) is 4.35. The van der Waals surface area contributed by atoms with E-state index in [1.54, 1.807) is 11.3 Å². The largest absolute Gasteiger partial charge is 0.493 e. The molecule has 4 nitrogen and oxygen atoms in total. The summed E-state index contributed by atoms with van der Waals surface area (Å²) in [6, 6.07) is 11.9. The van der Waals surface area contributed by atoms with Crippen molar-refractivity contribution in [1.29, 1.82) is 0 Å². The van der Waals surface area contributed by atoms with Gasteiger partial charge in [-0.05, 0) is 67.6 Å². The van der Waals surface area contributed by atoms with Crippen LogP contribution in [0.4, 0.5) is 0 Å². The van der Waals surface area contributed by atoms with Crippen molar-refractivity contribution >= 4 is 17.2 Å². The van der Waals surface area contributed by atoms with Crippen molar-refractivity contribution in [2.75, 3.05) is 26.2 Å². The van der Waals surface area contributed by atoms with Gasteiger partial charge in [0.1, 0.15) is 5.75 Å². The molecule has 1 atom stereocenters. The van der Waals surface area contributed by atoms with Gasteiger partial charge in [-0.2, -0.15) is 0 Å². The van der Waals surface area contributed by atoms with Crippen LogP contribution in [-0.4, -0.2) is 37.0 Å². The third-order valence-corrected chi connectivity index (χ3v) is 5.58. The summed E-state index contributed by atoms with van der Waals surface area (Å²) in [6.07, 6.45) is 2.49. The third-order valence-electron chi connectivity index (χ3n) is 4.61. The summed E-state index contributed by atoms with van der Waals surface area (Å²) >= 11 is 1.77. The highest BCUT2D eigenvalue weighted by Crippen LogP contribution is 2.28. The van der Waals surface area contributed by atoms with Crippen molar-refractivity contribution in [2.24, 2.45) is 5.92 Å². The first-order chi connectivity index (χ1) is 12.6. The van der Waals surface area contributed by atoms with E-state index in [0.29, 0.717) is 24.6 Å². The topological polar surface area (TPSA) is 41.6 Å². The number of nitrogens with one attached hydrogen (secondary N) is 1. The highest BCUT2D eigenvalue weighted by atomic mass is 32.1. The number of thiophene rings is 1. The number of benzene rings is 1. The monoisotopic (exact) mass is 372 g/mol. The van der Waals surface area contributed by atoms with Crippen LogP contribution >= 0.6 is 11.3 Å². The standard InChI is InChI=1S/C21H28N2O2S/c1-16(2)15-25-18-9-7-17(8-10-18)21(24)22-14-19(20-6-5-13-26-20)23-11-3-4-12-23/h5-10,13,16,19H,3-4,11-12,14-15H2,1-2H3,(H,22,24)/t19-/m0/s1. The molecule has 1 aliphatic rings. The predicted molar refractivity (Wildman–Crippen MR) is 107 cm³/mol. The highest BCUT2D eigenvalue weighted by Gasteiger charge is 2.24. The lowest BCUT2D eigenvalue weighted by Gasteiger charge is -2.27. The molecule has 26 heavy (non-hydrogen) atoms.